The maximum atomic E-state index is 2.39. The van der Waals surface area contributed by atoms with E-state index in [0.717, 1.165) is 22.7 Å². The Hall–Kier alpha value is 0. The van der Waals surface area contributed by atoms with E-state index in [0.29, 0.717) is 0 Å². The highest BCUT2D eigenvalue weighted by molar-refractivity contribution is 5.18. The van der Waals surface area contributed by atoms with Crippen LogP contribution in [0, 0.1) is 22.7 Å². The van der Waals surface area contributed by atoms with Crippen LogP contribution >= 0.6 is 0 Å². The Bertz CT molecular complexity index is 139. The molecule has 0 saturated heterocycles. The molecule has 0 heteroatoms. The summed E-state index contributed by atoms with van der Waals surface area (Å²) in [5.41, 5.74) is 1.62. The molecule has 0 heterocycles. The highest BCUT2D eigenvalue weighted by atomic mass is 14.7. The van der Waals surface area contributed by atoms with Crippen LogP contribution < -0.4 is 0 Å². The fourth-order valence-corrected chi connectivity index (χ4v) is 3.17. The van der Waals surface area contributed by atoms with E-state index in [9.17, 15) is 0 Å². The lowest BCUT2D eigenvalue weighted by atomic mass is 9.30. The van der Waals surface area contributed by atoms with Crippen LogP contribution in [-0.4, -0.2) is 0 Å². The first-order valence-electron chi connectivity index (χ1n) is 6.01. The van der Waals surface area contributed by atoms with Crippen molar-refractivity contribution in [2.45, 2.75) is 60.8 Å². The summed E-state index contributed by atoms with van der Waals surface area (Å²) < 4.78 is 0. The molecule has 3 saturated carbocycles. The van der Waals surface area contributed by atoms with Gasteiger partial charge < -0.3 is 0 Å². The Kier molecular flexibility index (Phi) is 2.81. The van der Waals surface area contributed by atoms with Gasteiger partial charge in [0.25, 0.3) is 0 Å². The third kappa shape index (κ3) is 1.33. The molecule has 3 aliphatic rings. The van der Waals surface area contributed by atoms with E-state index in [-0.39, 0.29) is 0 Å². The molecule has 3 fully saturated rings. The minimum atomic E-state index is 0.810. The first-order chi connectivity index (χ1) is 6.01. The Morgan fingerprint density at radius 1 is 0.692 bits per heavy atom. The summed E-state index contributed by atoms with van der Waals surface area (Å²) in [5.74, 6) is 1.87. The van der Waals surface area contributed by atoms with Gasteiger partial charge in [-0.1, -0.05) is 41.5 Å². The molecule has 0 atom stereocenters. The molecular formula is C13H26. The van der Waals surface area contributed by atoms with E-state index in [1.54, 1.807) is 0 Å². The van der Waals surface area contributed by atoms with Crippen LogP contribution in [0.3, 0.4) is 0 Å². The largest absolute Gasteiger partial charge is 0.0683 e. The monoisotopic (exact) mass is 182 g/mol. The molecule has 0 aromatic carbocycles. The molecule has 3 rings (SSSR count). The Morgan fingerprint density at radius 3 is 1.08 bits per heavy atom. The van der Waals surface area contributed by atoms with Crippen molar-refractivity contribution in [1.29, 1.82) is 0 Å². The zero-order valence-corrected chi connectivity index (χ0v) is 10.3. The molecule has 0 N–H and O–H groups in total. The quantitative estimate of drug-likeness (QED) is 0.590. The summed E-state index contributed by atoms with van der Waals surface area (Å²) >= 11 is 0. The van der Waals surface area contributed by atoms with Gasteiger partial charge >= 0.3 is 0 Å². The number of hydrogen-bond donors (Lipinski definition) is 0. The average molecular weight is 182 g/mol. The fourth-order valence-electron chi connectivity index (χ4n) is 3.17. The lowest BCUT2D eigenvalue weighted by Crippen LogP contribution is -2.66. The second-order valence-electron chi connectivity index (χ2n) is 5.56. The molecule has 0 nitrogen and oxygen atoms in total. The average Bonchev–Trinajstić information content (AvgIpc) is 1.83. The standard InChI is InChI=1S/C11H20.C2H6/c1-8(2)10-5-11(6-10,7-10)9(3)4;1-2/h8-9H,5-7H2,1-4H3;1-2H3. The predicted molar refractivity (Wildman–Crippen MR) is 59.7 cm³/mol. The van der Waals surface area contributed by atoms with Crippen LogP contribution in [0.5, 0.6) is 0 Å². The van der Waals surface area contributed by atoms with Crippen molar-refractivity contribution in [3.8, 4) is 0 Å². The molecule has 0 amide bonds. The topological polar surface area (TPSA) is 0 Å². The Morgan fingerprint density at radius 2 is 0.923 bits per heavy atom. The predicted octanol–water partition coefficient (Wildman–Crippen LogP) is 4.49. The van der Waals surface area contributed by atoms with Crippen molar-refractivity contribution in [1.82, 2.24) is 0 Å². The molecule has 0 aromatic rings. The van der Waals surface area contributed by atoms with Crippen LogP contribution in [0.2, 0.25) is 0 Å². The Labute approximate surface area is 84.1 Å². The number of rotatable bonds is 2. The van der Waals surface area contributed by atoms with Crippen molar-refractivity contribution in [2.75, 3.05) is 0 Å². The van der Waals surface area contributed by atoms with Gasteiger partial charge in [-0.25, -0.2) is 0 Å². The van der Waals surface area contributed by atoms with Gasteiger partial charge in [-0.3, -0.25) is 0 Å². The maximum absolute atomic E-state index is 2.39. The highest BCUT2D eigenvalue weighted by Gasteiger charge is 2.69. The minimum Gasteiger partial charge on any atom is -0.0683 e. The first kappa shape index (κ1) is 11.1. The van der Waals surface area contributed by atoms with Gasteiger partial charge in [-0.05, 0) is 41.9 Å². The SMILES string of the molecule is CC.CC(C)C12CC(C(C)C)(C1)C2. The van der Waals surface area contributed by atoms with Crippen molar-refractivity contribution in [3.63, 3.8) is 0 Å². The van der Waals surface area contributed by atoms with Crippen LogP contribution in [0.1, 0.15) is 60.8 Å². The van der Waals surface area contributed by atoms with Crippen LogP contribution in [0.25, 0.3) is 0 Å². The third-order valence-electron chi connectivity index (χ3n) is 4.56. The van der Waals surface area contributed by atoms with Gasteiger partial charge in [0.05, 0.1) is 0 Å². The number of hydrogen-bond acceptors (Lipinski definition) is 0. The second-order valence-corrected chi connectivity index (χ2v) is 5.56. The minimum absolute atomic E-state index is 0.810. The van der Waals surface area contributed by atoms with Crippen molar-refractivity contribution in [2.24, 2.45) is 22.7 Å². The summed E-state index contributed by atoms with van der Waals surface area (Å²) in [6, 6.07) is 0. The van der Waals surface area contributed by atoms with Gasteiger partial charge in [0.1, 0.15) is 0 Å². The zero-order valence-electron chi connectivity index (χ0n) is 10.3. The normalized spacial score (nSPS) is 40.6. The summed E-state index contributed by atoms with van der Waals surface area (Å²) in [5, 5.41) is 0. The molecule has 0 aromatic heterocycles. The first-order valence-corrected chi connectivity index (χ1v) is 6.01. The maximum Gasteiger partial charge on any atom is -0.0258 e. The van der Waals surface area contributed by atoms with Crippen molar-refractivity contribution >= 4 is 0 Å². The summed E-state index contributed by atoms with van der Waals surface area (Å²) in [7, 11) is 0. The molecule has 2 bridgehead atoms. The molecule has 0 radical (unpaired) electrons. The molecule has 0 aliphatic heterocycles. The van der Waals surface area contributed by atoms with E-state index in [1.807, 2.05) is 13.8 Å². The lowest BCUT2D eigenvalue weighted by Gasteiger charge is -2.75. The molecule has 78 valence electrons. The summed E-state index contributed by atoms with van der Waals surface area (Å²) in [6.07, 6.45) is 4.61. The summed E-state index contributed by atoms with van der Waals surface area (Å²) in [6.45, 7) is 13.6. The van der Waals surface area contributed by atoms with Crippen LogP contribution in [-0.2, 0) is 0 Å². The molecule has 3 aliphatic carbocycles. The summed E-state index contributed by atoms with van der Waals surface area (Å²) in [4.78, 5) is 0. The third-order valence-corrected chi connectivity index (χ3v) is 4.56. The van der Waals surface area contributed by atoms with E-state index >= 15 is 0 Å². The van der Waals surface area contributed by atoms with Crippen molar-refractivity contribution < 1.29 is 0 Å². The fraction of sp³-hybridized carbons (Fsp3) is 1.00. The van der Waals surface area contributed by atoms with Gasteiger partial charge in [-0.2, -0.15) is 0 Å². The van der Waals surface area contributed by atoms with Gasteiger partial charge in [0, 0.05) is 0 Å². The van der Waals surface area contributed by atoms with Crippen molar-refractivity contribution in [3.05, 3.63) is 0 Å². The van der Waals surface area contributed by atoms with E-state index < -0.39 is 0 Å². The van der Waals surface area contributed by atoms with E-state index in [2.05, 4.69) is 27.7 Å². The van der Waals surface area contributed by atoms with E-state index in [1.165, 1.54) is 19.3 Å². The zero-order chi connectivity index (χ0) is 10.3. The second kappa shape index (κ2) is 3.29. The van der Waals surface area contributed by atoms with Gasteiger partial charge in [-0.15, -0.1) is 0 Å². The van der Waals surface area contributed by atoms with Gasteiger partial charge in [0.15, 0.2) is 0 Å². The molecular weight excluding hydrogens is 156 g/mol. The molecule has 0 unspecified atom stereocenters. The highest BCUT2D eigenvalue weighted by Crippen LogP contribution is 2.78. The van der Waals surface area contributed by atoms with E-state index in [4.69, 9.17) is 0 Å². The lowest BCUT2D eigenvalue weighted by molar-refractivity contribution is -0.252. The molecule has 0 spiro atoms. The smallest absolute Gasteiger partial charge is 0.0258 e. The Balaban J connectivity index is 0.000000396. The van der Waals surface area contributed by atoms with Gasteiger partial charge in [0.2, 0.25) is 0 Å². The van der Waals surface area contributed by atoms with Crippen LogP contribution in [0.15, 0.2) is 0 Å². The van der Waals surface area contributed by atoms with Crippen LogP contribution in [0.4, 0.5) is 0 Å². The molecule has 13 heavy (non-hydrogen) atoms.